The van der Waals surface area contributed by atoms with Gasteiger partial charge in [0.05, 0.1) is 12.3 Å². The van der Waals surface area contributed by atoms with E-state index >= 15 is 0 Å². The largest absolute Gasteiger partial charge is 0.493 e. The predicted molar refractivity (Wildman–Crippen MR) is 129 cm³/mol. The second kappa shape index (κ2) is 10.8. The van der Waals surface area contributed by atoms with Crippen LogP contribution in [0.15, 0.2) is 52.9 Å². The Labute approximate surface area is 198 Å². The molecule has 0 aliphatic rings. The van der Waals surface area contributed by atoms with Gasteiger partial charge in [-0.1, -0.05) is 40.2 Å². The van der Waals surface area contributed by atoms with E-state index in [0.29, 0.717) is 37.1 Å². The van der Waals surface area contributed by atoms with Crippen LogP contribution in [0.4, 0.5) is 0 Å². The van der Waals surface area contributed by atoms with Gasteiger partial charge in [-0.15, -0.1) is 0 Å². The topological polar surface area (TPSA) is 61.6 Å². The molecule has 32 heavy (non-hydrogen) atoms. The number of oxazole rings is 1. The van der Waals surface area contributed by atoms with Crippen LogP contribution in [0, 0.1) is 6.92 Å². The van der Waals surface area contributed by atoms with Crippen LogP contribution in [0.2, 0.25) is 0 Å². The van der Waals surface area contributed by atoms with E-state index in [2.05, 4.69) is 20.9 Å². The molecule has 0 aliphatic carbocycles. The molecule has 0 unspecified atom stereocenters. The summed E-state index contributed by atoms with van der Waals surface area (Å²) in [4.78, 5) is 16.6. The Morgan fingerprint density at radius 1 is 1.06 bits per heavy atom. The molecule has 3 rings (SSSR count). The van der Waals surface area contributed by atoms with Gasteiger partial charge in [0.15, 0.2) is 0 Å². The minimum Gasteiger partial charge on any atom is -0.493 e. The lowest BCUT2D eigenvalue weighted by molar-refractivity contribution is -0.154. The Kier molecular flexibility index (Phi) is 8.13. The third kappa shape index (κ3) is 6.95. The Morgan fingerprint density at radius 3 is 2.50 bits per heavy atom. The van der Waals surface area contributed by atoms with Crippen LogP contribution in [-0.2, 0) is 27.7 Å². The molecule has 5 nitrogen and oxygen atoms in total. The number of hydrogen-bond acceptors (Lipinski definition) is 5. The maximum atomic E-state index is 12.0. The van der Waals surface area contributed by atoms with Crippen molar-refractivity contribution in [2.24, 2.45) is 0 Å². The third-order valence-corrected chi connectivity index (χ3v) is 5.47. The van der Waals surface area contributed by atoms with Crippen molar-refractivity contribution in [2.75, 3.05) is 6.61 Å². The highest BCUT2D eigenvalue weighted by Gasteiger charge is 2.17. The molecule has 3 aromatic rings. The van der Waals surface area contributed by atoms with Crippen molar-refractivity contribution in [2.45, 2.75) is 57.9 Å². The van der Waals surface area contributed by atoms with Gasteiger partial charge in [0.25, 0.3) is 0 Å². The summed E-state index contributed by atoms with van der Waals surface area (Å²) in [7, 11) is 0. The Morgan fingerprint density at radius 2 is 1.81 bits per heavy atom. The SMILES string of the molecule is Cc1oc(-c2ccccc2)nc1CCOc1ccc(CCC(=O)OC(C)(C)C)c(CBr)c1. The van der Waals surface area contributed by atoms with Gasteiger partial charge < -0.3 is 13.9 Å². The quantitative estimate of drug-likeness (QED) is 0.250. The molecule has 6 heteroatoms. The van der Waals surface area contributed by atoms with E-state index in [9.17, 15) is 4.79 Å². The summed E-state index contributed by atoms with van der Waals surface area (Å²) in [5.74, 6) is 2.06. The van der Waals surface area contributed by atoms with Gasteiger partial charge >= 0.3 is 5.97 Å². The van der Waals surface area contributed by atoms with E-state index in [1.807, 2.05) is 76.2 Å². The Bertz CT molecular complexity index is 1040. The van der Waals surface area contributed by atoms with E-state index in [4.69, 9.17) is 13.9 Å². The van der Waals surface area contributed by atoms with Crippen LogP contribution in [-0.4, -0.2) is 23.2 Å². The van der Waals surface area contributed by atoms with Crippen molar-refractivity contribution in [3.63, 3.8) is 0 Å². The maximum Gasteiger partial charge on any atom is 0.306 e. The van der Waals surface area contributed by atoms with Crippen molar-refractivity contribution >= 4 is 21.9 Å². The normalized spacial score (nSPS) is 11.4. The number of aromatic nitrogens is 1. The summed E-state index contributed by atoms with van der Waals surface area (Å²) in [5, 5.41) is 0.691. The van der Waals surface area contributed by atoms with Crippen molar-refractivity contribution in [1.82, 2.24) is 4.98 Å². The molecule has 0 bridgehead atoms. The predicted octanol–water partition coefficient (Wildman–Crippen LogP) is 6.44. The molecule has 0 saturated carbocycles. The number of alkyl halides is 1. The molecular formula is C26H30BrNO4. The monoisotopic (exact) mass is 499 g/mol. The van der Waals surface area contributed by atoms with Crippen molar-refractivity contribution in [3.8, 4) is 17.2 Å². The fraction of sp³-hybridized carbons (Fsp3) is 0.385. The van der Waals surface area contributed by atoms with Gasteiger partial charge in [0.1, 0.15) is 17.1 Å². The zero-order chi connectivity index (χ0) is 23.1. The zero-order valence-corrected chi connectivity index (χ0v) is 20.7. The molecule has 0 atom stereocenters. The van der Waals surface area contributed by atoms with Gasteiger partial charge in [-0.2, -0.15) is 0 Å². The number of halogens is 1. The summed E-state index contributed by atoms with van der Waals surface area (Å²) in [6.45, 7) is 8.07. The molecule has 2 aromatic carbocycles. The van der Waals surface area contributed by atoms with E-state index < -0.39 is 5.60 Å². The van der Waals surface area contributed by atoms with Gasteiger partial charge in [-0.3, -0.25) is 4.79 Å². The first-order valence-corrected chi connectivity index (χ1v) is 11.9. The number of benzene rings is 2. The van der Waals surface area contributed by atoms with Crippen molar-refractivity contribution in [3.05, 3.63) is 71.1 Å². The Hall–Kier alpha value is -2.60. The average Bonchev–Trinajstić information content (AvgIpc) is 3.12. The standard InChI is InChI=1S/C26H30BrNO4/c1-18-23(28-25(31-18)20-8-6-5-7-9-20)14-15-30-22-12-10-19(21(16-22)17-27)11-13-24(29)32-26(2,3)4/h5-10,12,16H,11,13-15,17H2,1-4H3. The van der Waals surface area contributed by atoms with Crippen LogP contribution in [0.25, 0.3) is 11.5 Å². The van der Waals surface area contributed by atoms with Crippen LogP contribution < -0.4 is 4.74 Å². The minimum absolute atomic E-state index is 0.184. The van der Waals surface area contributed by atoms with E-state index in [0.717, 1.165) is 33.9 Å². The molecule has 0 N–H and O–H groups in total. The summed E-state index contributed by atoms with van der Waals surface area (Å²) < 4.78 is 17.2. The molecule has 0 fully saturated rings. The molecule has 0 saturated heterocycles. The van der Waals surface area contributed by atoms with Crippen LogP contribution in [0.5, 0.6) is 5.75 Å². The fourth-order valence-electron chi connectivity index (χ4n) is 3.32. The molecule has 1 aromatic heterocycles. The molecule has 0 radical (unpaired) electrons. The number of carbonyl (C=O) groups is 1. The summed E-state index contributed by atoms with van der Waals surface area (Å²) >= 11 is 3.54. The van der Waals surface area contributed by atoms with Gasteiger partial charge in [0, 0.05) is 23.7 Å². The summed E-state index contributed by atoms with van der Waals surface area (Å²) in [5.41, 5.74) is 3.62. The Balaban J connectivity index is 1.56. The first-order chi connectivity index (χ1) is 15.2. The number of ether oxygens (including phenoxy) is 2. The smallest absolute Gasteiger partial charge is 0.306 e. The van der Waals surface area contributed by atoms with E-state index in [1.54, 1.807) is 0 Å². The second-order valence-corrected chi connectivity index (χ2v) is 9.20. The van der Waals surface area contributed by atoms with Crippen molar-refractivity contribution < 1.29 is 18.7 Å². The summed E-state index contributed by atoms with van der Waals surface area (Å²) in [6.07, 6.45) is 1.65. The van der Waals surface area contributed by atoms with Gasteiger partial charge in [0.2, 0.25) is 5.89 Å². The maximum absolute atomic E-state index is 12.0. The van der Waals surface area contributed by atoms with Crippen LogP contribution in [0.1, 0.15) is 49.8 Å². The number of nitrogens with zero attached hydrogens (tertiary/aromatic N) is 1. The highest BCUT2D eigenvalue weighted by atomic mass is 79.9. The lowest BCUT2D eigenvalue weighted by Gasteiger charge is -2.19. The lowest BCUT2D eigenvalue weighted by atomic mass is 10.0. The number of rotatable bonds is 9. The first kappa shape index (κ1) is 24.1. The van der Waals surface area contributed by atoms with Gasteiger partial charge in [-0.05, 0) is 69.5 Å². The highest BCUT2D eigenvalue weighted by Crippen LogP contribution is 2.24. The number of esters is 1. The van der Waals surface area contributed by atoms with E-state index in [1.165, 1.54) is 0 Å². The molecule has 1 heterocycles. The number of carbonyl (C=O) groups excluding carboxylic acids is 1. The third-order valence-electron chi connectivity index (χ3n) is 4.86. The van der Waals surface area contributed by atoms with Gasteiger partial charge in [-0.25, -0.2) is 4.98 Å². The minimum atomic E-state index is -0.461. The van der Waals surface area contributed by atoms with Crippen LogP contribution in [0.3, 0.4) is 0 Å². The van der Waals surface area contributed by atoms with Crippen LogP contribution >= 0.6 is 15.9 Å². The van der Waals surface area contributed by atoms with Crippen molar-refractivity contribution in [1.29, 1.82) is 0 Å². The zero-order valence-electron chi connectivity index (χ0n) is 19.1. The number of hydrogen-bond donors (Lipinski definition) is 0. The summed E-state index contributed by atoms with van der Waals surface area (Å²) in [6, 6.07) is 15.9. The highest BCUT2D eigenvalue weighted by molar-refractivity contribution is 9.08. The average molecular weight is 500 g/mol. The lowest BCUT2D eigenvalue weighted by Crippen LogP contribution is -2.24. The molecular weight excluding hydrogens is 470 g/mol. The number of aryl methyl sites for hydroxylation is 2. The molecule has 0 aliphatic heterocycles. The molecule has 170 valence electrons. The second-order valence-electron chi connectivity index (χ2n) is 8.64. The van der Waals surface area contributed by atoms with E-state index in [-0.39, 0.29) is 5.97 Å². The molecule has 0 amide bonds. The first-order valence-electron chi connectivity index (χ1n) is 10.8. The molecule has 0 spiro atoms. The fourth-order valence-corrected chi connectivity index (χ4v) is 3.84.